The molecule has 1 N–H and O–H groups in total. The number of β-amino-alcohol motifs (C(OH)–C–C–N with tert-alkyl or cyclic N) is 1. The minimum atomic E-state index is -0.315. The molecule has 31 heavy (non-hydrogen) atoms. The van der Waals surface area contributed by atoms with E-state index >= 15 is 0 Å². The minimum Gasteiger partial charge on any atom is -0.484 e. The highest BCUT2D eigenvalue weighted by atomic mass is 35.5. The normalized spacial score (nSPS) is 26.1. The molecule has 0 bridgehead atoms. The maximum absolute atomic E-state index is 12.4. The number of anilines is 1. The van der Waals surface area contributed by atoms with Gasteiger partial charge in [0.15, 0.2) is 0 Å². The summed E-state index contributed by atoms with van der Waals surface area (Å²) in [5, 5.41) is 11.3. The van der Waals surface area contributed by atoms with Gasteiger partial charge in [-0.25, -0.2) is 4.79 Å². The van der Waals surface area contributed by atoms with Crippen molar-refractivity contribution in [2.75, 3.05) is 38.1 Å². The summed E-state index contributed by atoms with van der Waals surface area (Å²) in [6, 6.07) is 11.4. The van der Waals surface area contributed by atoms with Gasteiger partial charge in [0, 0.05) is 60.6 Å². The van der Waals surface area contributed by atoms with Crippen molar-refractivity contribution in [3.63, 3.8) is 0 Å². The molecule has 2 amide bonds. The first-order chi connectivity index (χ1) is 14.9. The molecule has 3 aliphatic rings. The highest BCUT2D eigenvalue weighted by Crippen LogP contribution is 2.43. The monoisotopic (exact) mass is 461 g/mol. The largest absolute Gasteiger partial charge is 0.484 e. The highest BCUT2D eigenvalue weighted by molar-refractivity contribution is 6.35. The van der Waals surface area contributed by atoms with Gasteiger partial charge in [-0.1, -0.05) is 29.3 Å². The van der Waals surface area contributed by atoms with E-state index in [-0.39, 0.29) is 24.3 Å². The van der Waals surface area contributed by atoms with Crippen LogP contribution in [0.3, 0.4) is 0 Å². The van der Waals surface area contributed by atoms with Gasteiger partial charge < -0.3 is 14.7 Å². The first kappa shape index (κ1) is 20.9. The number of hydrogen-bond acceptors (Lipinski definition) is 4. The number of likely N-dealkylation sites (N-methyl/N-ethyl adjacent to an activating group) is 1. The standard InChI is InChI=1S/C23H25Cl2N3O3/c1-26-7-8-28(23(26)30)15-3-2-4-17(11-15)31-22-19-9-14(24)10-20(25)18(19)12-21(22)27-6-5-16(29)13-27/h2-4,9-11,16,21-22,29H,5-8,12-13H2,1H3/t16?,21-,22-/m0/s1. The fourth-order valence-electron chi connectivity index (χ4n) is 4.91. The minimum absolute atomic E-state index is 0.00847. The lowest BCUT2D eigenvalue weighted by atomic mass is 10.1. The molecule has 0 radical (unpaired) electrons. The summed E-state index contributed by atoms with van der Waals surface area (Å²) in [6.45, 7) is 2.80. The van der Waals surface area contributed by atoms with Crippen LogP contribution in [0.1, 0.15) is 23.7 Å². The van der Waals surface area contributed by atoms with Crippen molar-refractivity contribution in [3.8, 4) is 5.75 Å². The molecule has 8 heteroatoms. The van der Waals surface area contributed by atoms with Crippen molar-refractivity contribution >= 4 is 34.9 Å². The SMILES string of the molecule is CN1CCN(c2cccc(O[C@H]3c4cc(Cl)cc(Cl)c4C[C@@H]3N3CCC(O)C3)c2)C1=O. The van der Waals surface area contributed by atoms with Crippen molar-refractivity contribution in [2.45, 2.75) is 31.1 Å². The summed E-state index contributed by atoms with van der Waals surface area (Å²) < 4.78 is 6.54. The second-order valence-electron chi connectivity index (χ2n) is 8.56. The third-order valence-electron chi connectivity index (χ3n) is 6.54. The average molecular weight is 462 g/mol. The predicted octanol–water partition coefficient (Wildman–Crippen LogP) is 3.98. The lowest BCUT2D eigenvalue weighted by Crippen LogP contribution is -2.39. The van der Waals surface area contributed by atoms with E-state index in [0.717, 1.165) is 36.2 Å². The Morgan fingerprint density at radius 3 is 2.68 bits per heavy atom. The number of carbonyl (C=O) groups is 1. The number of amides is 2. The Kier molecular flexibility index (Phi) is 5.51. The molecule has 2 fully saturated rings. The van der Waals surface area contributed by atoms with Crippen LogP contribution >= 0.6 is 23.2 Å². The van der Waals surface area contributed by atoms with Gasteiger partial charge in [-0.05, 0) is 42.7 Å². The summed E-state index contributed by atoms with van der Waals surface area (Å²) in [5.74, 6) is 0.693. The third kappa shape index (κ3) is 3.87. The first-order valence-electron chi connectivity index (χ1n) is 10.6. The second-order valence-corrected chi connectivity index (χ2v) is 9.40. The number of urea groups is 1. The molecule has 0 aromatic heterocycles. The van der Waals surface area contributed by atoms with Crippen LogP contribution in [0.2, 0.25) is 10.0 Å². The van der Waals surface area contributed by atoms with Crippen molar-refractivity contribution in [1.82, 2.24) is 9.80 Å². The van der Waals surface area contributed by atoms with Crippen LogP contribution < -0.4 is 9.64 Å². The Labute approximate surface area is 191 Å². The molecule has 3 atom stereocenters. The fraction of sp³-hybridized carbons (Fsp3) is 0.435. The zero-order valence-corrected chi connectivity index (χ0v) is 18.8. The van der Waals surface area contributed by atoms with E-state index in [9.17, 15) is 9.90 Å². The van der Waals surface area contributed by atoms with Crippen LogP contribution in [-0.2, 0) is 6.42 Å². The number of aliphatic hydroxyl groups excluding tert-OH is 1. The molecular weight excluding hydrogens is 437 g/mol. The van der Waals surface area contributed by atoms with Gasteiger partial charge in [-0.3, -0.25) is 9.80 Å². The van der Waals surface area contributed by atoms with Crippen LogP contribution in [0.15, 0.2) is 36.4 Å². The predicted molar refractivity (Wildman–Crippen MR) is 121 cm³/mol. The molecule has 6 nitrogen and oxygen atoms in total. The van der Waals surface area contributed by atoms with Crippen LogP contribution in [0.5, 0.6) is 5.75 Å². The number of likely N-dealkylation sites (tertiary alicyclic amines) is 1. The summed E-state index contributed by atoms with van der Waals surface area (Å²) >= 11 is 12.9. The summed E-state index contributed by atoms with van der Waals surface area (Å²) in [4.78, 5) is 18.2. The molecule has 2 saturated heterocycles. The number of hydrogen-bond donors (Lipinski definition) is 1. The number of aliphatic hydroxyl groups is 1. The van der Waals surface area contributed by atoms with E-state index in [1.54, 1.807) is 22.9 Å². The van der Waals surface area contributed by atoms with Crippen LogP contribution in [0.4, 0.5) is 10.5 Å². The average Bonchev–Trinajstić information content (AvgIpc) is 3.41. The zero-order chi connectivity index (χ0) is 21.7. The number of nitrogens with zero attached hydrogens (tertiary/aromatic N) is 3. The molecule has 2 aliphatic heterocycles. The van der Waals surface area contributed by atoms with E-state index in [1.165, 1.54) is 0 Å². The summed E-state index contributed by atoms with van der Waals surface area (Å²) in [6.07, 6.45) is 0.931. The quantitative estimate of drug-likeness (QED) is 0.747. The lowest BCUT2D eigenvalue weighted by Gasteiger charge is -2.30. The fourth-order valence-corrected chi connectivity index (χ4v) is 5.49. The first-order valence-corrected chi connectivity index (χ1v) is 11.4. The maximum Gasteiger partial charge on any atom is 0.324 e. The number of halogens is 2. The molecular formula is C23H25Cl2N3O3. The number of ether oxygens (including phenoxy) is 1. The highest BCUT2D eigenvalue weighted by Gasteiger charge is 2.41. The van der Waals surface area contributed by atoms with E-state index in [0.29, 0.717) is 35.4 Å². The van der Waals surface area contributed by atoms with Gasteiger partial charge >= 0.3 is 6.03 Å². The van der Waals surface area contributed by atoms with Gasteiger partial charge in [0.1, 0.15) is 11.9 Å². The van der Waals surface area contributed by atoms with E-state index in [4.69, 9.17) is 27.9 Å². The third-order valence-corrected chi connectivity index (χ3v) is 7.09. The van der Waals surface area contributed by atoms with E-state index in [2.05, 4.69) is 4.90 Å². The Morgan fingerprint density at radius 1 is 1.13 bits per heavy atom. The van der Waals surface area contributed by atoms with Gasteiger partial charge in [-0.2, -0.15) is 0 Å². The maximum atomic E-state index is 12.4. The summed E-state index contributed by atoms with van der Waals surface area (Å²) in [5.41, 5.74) is 2.86. The smallest absolute Gasteiger partial charge is 0.324 e. The van der Waals surface area contributed by atoms with E-state index in [1.807, 2.05) is 30.3 Å². The Morgan fingerprint density at radius 2 is 1.97 bits per heavy atom. The van der Waals surface area contributed by atoms with Crippen LogP contribution in [-0.4, -0.2) is 66.3 Å². The Hall–Kier alpha value is -1.99. The Balaban J connectivity index is 1.46. The van der Waals surface area contributed by atoms with Gasteiger partial charge in [-0.15, -0.1) is 0 Å². The topological polar surface area (TPSA) is 56.3 Å². The number of fused-ring (bicyclic) bond motifs is 1. The lowest BCUT2D eigenvalue weighted by molar-refractivity contribution is 0.0819. The summed E-state index contributed by atoms with van der Waals surface area (Å²) in [7, 11) is 1.81. The molecule has 1 unspecified atom stereocenters. The number of rotatable bonds is 4. The molecule has 1 aliphatic carbocycles. The molecule has 0 saturated carbocycles. The Bertz CT molecular complexity index is 1020. The van der Waals surface area contributed by atoms with E-state index < -0.39 is 0 Å². The molecule has 164 valence electrons. The van der Waals surface area contributed by atoms with Gasteiger partial charge in [0.2, 0.25) is 0 Å². The zero-order valence-electron chi connectivity index (χ0n) is 17.3. The van der Waals surface area contributed by atoms with Crippen LogP contribution in [0, 0.1) is 0 Å². The van der Waals surface area contributed by atoms with Gasteiger partial charge in [0.25, 0.3) is 0 Å². The molecule has 2 aromatic rings. The van der Waals surface area contributed by atoms with Crippen molar-refractivity contribution in [1.29, 1.82) is 0 Å². The number of carbonyl (C=O) groups excluding carboxylic acids is 1. The molecule has 0 spiro atoms. The van der Waals surface area contributed by atoms with Crippen LogP contribution in [0.25, 0.3) is 0 Å². The molecule has 2 aromatic carbocycles. The number of benzene rings is 2. The molecule has 2 heterocycles. The molecule has 5 rings (SSSR count). The van der Waals surface area contributed by atoms with Crippen molar-refractivity contribution in [2.24, 2.45) is 0 Å². The second kappa shape index (κ2) is 8.17. The van der Waals surface area contributed by atoms with Crippen molar-refractivity contribution in [3.05, 3.63) is 57.6 Å². The van der Waals surface area contributed by atoms with Crippen molar-refractivity contribution < 1.29 is 14.6 Å². The van der Waals surface area contributed by atoms with Gasteiger partial charge in [0.05, 0.1) is 12.1 Å².